The Hall–Kier alpha value is -2.14. The Morgan fingerprint density at radius 1 is 1.38 bits per heavy atom. The normalized spacial score (nSPS) is 11.0. The lowest BCUT2D eigenvalue weighted by Gasteiger charge is -2.09. The number of esters is 1. The number of aryl methyl sites for hydroxylation is 1. The zero-order chi connectivity index (χ0) is 14.8. The van der Waals surface area contributed by atoms with Gasteiger partial charge in [-0.15, -0.1) is 11.3 Å². The highest BCUT2D eigenvalue weighted by Crippen LogP contribution is 2.29. The molecule has 3 aromatic heterocycles. The van der Waals surface area contributed by atoms with Gasteiger partial charge in [0.25, 0.3) is 0 Å². The molecule has 3 rings (SSSR count). The molecule has 21 heavy (non-hydrogen) atoms. The molecule has 0 spiro atoms. The van der Waals surface area contributed by atoms with Gasteiger partial charge in [0.05, 0.1) is 29.1 Å². The van der Waals surface area contributed by atoms with Gasteiger partial charge in [-0.2, -0.15) is 0 Å². The second kappa shape index (κ2) is 5.69. The summed E-state index contributed by atoms with van der Waals surface area (Å²) in [7, 11) is 0. The molecule has 0 aliphatic carbocycles. The van der Waals surface area contributed by atoms with E-state index in [-0.39, 0.29) is 5.97 Å². The fraction of sp³-hybridized carbons (Fsp3) is 0.250. The van der Waals surface area contributed by atoms with Crippen LogP contribution in [-0.4, -0.2) is 22.1 Å². The van der Waals surface area contributed by atoms with Crippen molar-refractivity contribution >= 4 is 27.5 Å². The third-order valence-corrected chi connectivity index (χ3v) is 4.23. The van der Waals surface area contributed by atoms with Crippen molar-refractivity contribution in [3.05, 3.63) is 52.8 Å². The quantitative estimate of drug-likeness (QED) is 0.691. The summed E-state index contributed by atoms with van der Waals surface area (Å²) in [6.45, 7) is 4.82. The molecular weight excluding hydrogens is 284 g/mol. The molecule has 0 aliphatic heterocycles. The van der Waals surface area contributed by atoms with E-state index in [1.165, 1.54) is 4.88 Å². The number of ether oxygens (including phenoxy) is 1. The molecule has 5 heteroatoms. The monoisotopic (exact) mass is 300 g/mol. The van der Waals surface area contributed by atoms with Gasteiger partial charge in [-0.25, -0.2) is 4.79 Å². The van der Waals surface area contributed by atoms with Crippen molar-refractivity contribution < 1.29 is 9.53 Å². The molecule has 0 saturated carbocycles. The number of rotatable bonds is 4. The molecule has 0 saturated heterocycles. The van der Waals surface area contributed by atoms with E-state index in [9.17, 15) is 4.79 Å². The zero-order valence-electron chi connectivity index (χ0n) is 12.0. The van der Waals surface area contributed by atoms with E-state index < -0.39 is 0 Å². The van der Waals surface area contributed by atoms with Crippen molar-refractivity contribution in [2.24, 2.45) is 0 Å². The van der Waals surface area contributed by atoms with Gasteiger partial charge in [-0.1, -0.05) is 6.07 Å². The first-order valence-electron chi connectivity index (χ1n) is 6.85. The van der Waals surface area contributed by atoms with Gasteiger partial charge in [0, 0.05) is 11.1 Å². The minimum atomic E-state index is -0.283. The fourth-order valence-electron chi connectivity index (χ4n) is 2.36. The Morgan fingerprint density at radius 3 is 2.95 bits per heavy atom. The van der Waals surface area contributed by atoms with Gasteiger partial charge in [0.1, 0.15) is 5.69 Å². The SMILES string of the molecule is CCOC(=O)c1cc2sc(C)cc2n1Cc1ccccn1. The van der Waals surface area contributed by atoms with E-state index in [2.05, 4.69) is 18.0 Å². The van der Waals surface area contributed by atoms with Gasteiger partial charge in [0.15, 0.2) is 0 Å². The van der Waals surface area contributed by atoms with Crippen molar-refractivity contribution in [3.63, 3.8) is 0 Å². The van der Waals surface area contributed by atoms with Crippen LogP contribution < -0.4 is 0 Å². The molecule has 108 valence electrons. The predicted octanol–water partition coefficient (Wildman–Crippen LogP) is 3.63. The molecule has 0 unspecified atom stereocenters. The molecule has 4 nitrogen and oxygen atoms in total. The summed E-state index contributed by atoms with van der Waals surface area (Å²) in [5, 5.41) is 0. The number of hydrogen-bond acceptors (Lipinski definition) is 4. The maximum absolute atomic E-state index is 12.1. The van der Waals surface area contributed by atoms with Crippen LogP contribution in [0.15, 0.2) is 36.5 Å². The maximum atomic E-state index is 12.1. The second-order valence-corrected chi connectivity index (χ2v) is 6.05. The van der Waals surface area contributed by atoms with E-state index >= 15 is 0 Å². The molecule has 0 aliphatic rings. The number of fused-ring (bicyclic) bond motifs is 1. The number of aromatic nitrogens is 2. The Labute approximate surface area is 127 Å². The lowest BCUT2D eigenvalue weighted by atomic mass is 10.3. The largest absolute Gasteiger partial charge is 0.461 e. The van der Waals surface area contributed by atoms with Crippen LogP contribution >= 0.6 is 11.3 Å². The highest BCUT2D eigenvalue weighted by Gasteiger charge is 2.18. The van der Waals surface area contributed by atoms with E-state index in [0.717, 1.165) is 15.9 Å². The maximum Gasteiger partial charge on any atom is 0.355 e. The van der Waals surface area contributed by atoms with Gasteiger partial charge >= 0.3 is 5.97 Å². The topological polar surface area (TPSA) is 44.1 Å². The van der Waals surface area contributed by atoms with Crippen molar-refractivity contribution in [1.29, 1.82) is 0 Å². The highest BCUT2D eigenvalue weighted by molar-refractivity contribution is 7.19. The molecule has 3 aromatic rings. The summed E-state index contributed by atoms with van der Waals surface area (Å²) in [6, 6.07) is 9.81. The summed E-state index contributed by atoms with van der Waals surface area (Å²) in [5.41, 5.74) is 2.57. The first-order valence-corrected chi connectivity index (χ1v) is 7.67. The van der Waals surface area contributed by atoms with Crippen molar-refractivity contribution in [1.82, 2.24) is 9.55 Å². The Balaban J connectivity index is 2.08. The second-order valence-electron chi connectivity index (χ2n) is 4.76. The third kappa shape index (κ3) is 2.69. The fourth-order valence-corrected chi connectivity index (χ4v) is 3.32. The minimum absolute atomic E-state index is 0.283. The highest BCUT2D eigenvalue weighted by atomic mass is 32.1. The Bertz CT molecular complexity index is 774. The van der Waals surface area contributed by atoms with Crippen molar-refractivity contribution in [3.8, 4) is 0 Å². The molecular formula is C16H16N2O2S. The first kappa shape index (κ1) is 13.8. The molecule has 3 heterocycles. The van der Waals surface area contributed by atoms with Gasteiger partial charge in [0.2, 0.25) is 0 Å². The molecule has 0 aromatic carbocycles. The average molecular weight is 300 g/mol. The smallest absolute Gasteiger partial charge is 0.355 e. The van der Waals surface area contributed by atoms with Crippen LogP contribution in [0.5, 0.6) is 0 Å². The van der Waals surface area contributed by atoms with Gasteiger partial charge < -0.3 is 9.30 Å². The van der Waals surface area contributed by atoms with Crippen molar-refractivity contribution in [2.45, 2.75) is 20.4 Å². The van der Waals surface area contributed by atoms with Gasteiger partial charge in [-0.3, -0.25) is 4.98 Å². The van der Waals surface area contributed by atoms with Crippen LogP contribution in [0, 0.1) is 6.92 Å². The number of carbonyl (C=O) groups is 1. The Morgan fingerprint density at radius 2 is 2.24 bits per heavy atom. The zero-order valence-corrected chi connectivity index (χ0v) is 12.8. The first-order chi connectivity index (χ1) is 10.2. The standard InChI is InChI=1S/C16H16N2O2S/c1-3-20-16(19)14-9-15-13(8-11(2)21-15)18(14)10-12-6-4-5-7-17-12/h4-9H,3,10H2,1-2H3. The molecule has 0 N–H and O–H groups in total. The summed E-state index contributed by atoms with van der Waals surface area (Å²) in [4.78, 5) is 17.7. The molecule has 0 fully saturated rings. The van der Waals surface area contributed by atoms with Crippen LogP contribution in [-0.2, 0) is 11.3 Å². The van der Waals surface area contributed by atoms with E-state index in [1.807, 2.05) is 35.8 Å². The number of hydrogen-bond donors (Lipinski definition) is 0. The van der Waals surface area contributed by atoms with Gasteiger partial charge in [-0.05, 0) is 38.1 Å². The van der Waals surface area contributed by atoms with E-state index in [1.54, 1.807) is 17.5 Å². The number of thiophene rings is 1. The lowest BCUT2D eigenvalue weighted by molar-refractivity contribution is 0.0515. The third-order valence-electron chi connectivity index (χ3n) is 3.24. The number of carbonyl (C=O) groups excluding carboxylic acids is 1. The molecule has 0 radical (unpaired) electrons. The lowest BCUT2D eigenvalue weighted by Crippen LogP contribution is -2.13. The molecule has 0 amide bonds. The number of pyridine rings is 1. The molecule has 0 atom stereocenters. The van der Waals surface area contributed by atoms with E-state index in [0.29, 0.717) is 18.8 Å². The number of nitrogens with zero attached hydrogens (tertiary/aromatic N) is 2. The summed E-state index contributed by atoms with van der Waals surface area (Å²) < 4.78 is 8.25. The Kier molecular flexibility index (Phi) is 3.75. The average Bonchev–Trinajstić information content (AvgIpc) is 2.98. The van der Waals surface area contributed by atoms with Crippen LogP contribution in [0.2, 0.25) is 0 Å². The summed E-state index contributed by atoms with van der Waals surface area (Å²) >= 11 is 1.68. The van der Waals surface area contributed by atoms with E-state index in [4.69, 9.17) is 4.74 Å². The molecule has 0 bridgehead atoms. The predicted molar refractivity (Wildman–Crippen MR) is 83.8 cm³/mol. The minimum Gasteiger partial charge on any atom is -0.461 e. The van der Waals surface area contributed by atoms with Crippen molar-refractivity contribution in [2.75, 3.05) is 6.61 Å². The van der Waals surface area contributed by atoms with Crippen LogP contribution in [0.1, 0.15) is 28.0 Å². The van der Waals surface area contributed by atoms with Crippen LogP contribution in [0.3, 0.4) is 0 Å². The van der Waals surface area contributed by atoms with Crippen LogP contribution in [0.25, 0.3) is 10.2 Å². The van der Waals surface area contributed by atoms with Crippen LogP contribution in [0.4, 0.5) is 0 Å². The summed E-state index contributed by atoms with van der Waals surface area (Å²) in [5.74, 6) is -0.283. The summed E-state index contributed by atoms with van der Waals surface area (Å²) in [6.07, 6.45) is 1.76.